The third kappa shape index (κ3) is 4.80. The summed E-state index contributed by atoms with van der Waals surface area (Å²) in [5.41, 5.74) is 6.26. The number of nitrogens with zero attached hydrogens (tertiary/aromatic N) is 1. The van der Waals surface area contributed by atoms with Crippen LogP contribution < -0.4 is 15.7 Å². The molecule has 146 valence electrons. The number of para-hydroxylation sites is 1. The number of likely N-dealkylation sites (tertiary alicyclic amines) is 1. The van der Waals surface area contributed by atoms with Crippen LogP contribution in [0.4, 0.5) is 0 Å². The van der Waals surface area contributed by atoms with Crippen LogP contribution in [-0.4, -0.2) is 66.1 Å². The summed E-state index contributed by atoms with van der Waals surface area (Å²) in [7, 11) is -1.27. The van der Waals surface area contributed by atoms with Crippen LogP contribution >= 0.6 is 0 Å². The Morgan fingerprint density at radius 3 is 2.74 bits per heavy atom. The van der Waals surface area contributed by atoms with Crippen molar-refractivity contribution in [3.8, 4) is 5.75 Å². The van der Waals surface area contributed by atoms with Gasteiger partial charge in [-0.05, 0) is 49.9 Å². The van der Waals surface area contributed by atoms with Gasteiger partial charge in [0, 0.05) is 19.5 Å². The molecule has 1 amide bonds. The second kappa shape index (κ2) is 8.73. The van der Waals surface area contributed by atoms with Crippen molar-refractivity contribution in [2.75, 3.05) is 26.2 Å². The lowest BCUT2D eigenvalue weighted by Gasteiger charge is -2.32. The average Bonchev–Trinajstić information content (AvgIpc) is 2.63. The molecule has 9 heteroatoms. The Labute approximate surface area is 158 Å². The van der Waals surface area contributed by atoms with Crippen LogP contribution in [0.1, 0.15) is 35.2 Å². The van der Waals surface area contributed by atoms with Crippen LogP contribution in [0.3, 0.4) is 0 Å². The van der Waals surface area contributed by atoms with E-state index < -0.39 is 19.0 Å². The molecule has 5 N–H and O–H groups in total. The minimum atomic E-state index is -1.27. The first-order valence-corrected chi connectivity index (χ1v) is 9.39. The van der Waals surface area contributed by atoms with Crippen molar-refractivity contribution in [1.29, 1.82) is 0 Å². The van der Waals surface area contributed by atoms with Crippen LogP contribution in [0.5, 0.6) is 5.75 Å². The van der Waals surface area contributed by atoms with Crippen molar-refractivity contribution in [2.45, 2.75) is 31.6 Å². The molecule has 1 saturated heterocycles. The zero-order chi connectivity index (χ0) is 19.4. The number of rotatable bonds is 6. The van der Waals surface area contributed by atoms with E-state index in [9.17, 15) is 19.7 Å². The summed E-state index contributed by atoms with van der Waals surface area (Å²) in [6.07, 6.45) is 2.67. The number of nitrogens with one attached hydrogen (secondary N) is 1. The predicted octanol–water partition coefficient (Wildman–Crippen LogP) is -0.115. The molecule has 8 nitrogen and oxygen atoms in total. The first kappa shape index (κ1) is 19.7. The third-order valence-electron chi connectivity index (χ3n) is 5.32. The highest BCUT2D eigenvalue weighted by atomic mass is 16.5. The lowest BCUT2D eigenvalue weighted by molar-refractivity contribution is -0.122. The Balaban J connectivity index is 1.55. The van der Waals surface area contributed by atoms with Crippen LogP contribution in [-0.2, 0) is 11.2 Å². The molecule has 0 saturated carbocycles. The van der Waals surface area contributed by atoms with Gasteiger partial charge in [0.1, 0.15) is 5.75 Å². The lowest BCUT2D eigenvalue weighted by atomic mass is 9.72. The molecule has 2 aliphatic rings. The number of fused-ring (bicyclic) bond motifs is 1. The number of carbonyl (C=O) groups is 2. The fourth-order valence-corrected chi connectivity index (χ4v) is 3.84. The number of carboxylic acid groups (broad SMARTS) is 1. The molecule has 1 unspecified atom stereocenters. The molecule has 1 atom stereocenters. The number of amides is 1. The van der Waals surface area contributed by atoms with Crippen LogP contribution in [0.15, 0.2) is 18.2 Å². The minimum absolute atomic E-state index is 0.0144. The second-order valence-electron chi connectivity index (χ2n) is 7.26. The van der Waals surface area contributed by atoms with E-state index >= 15 is 0 Å². The van der Waals surface area contributed by atoms with Crippen LogP contribution in [0.2, 0.25) is 0 Å². The second-order valence-corrected chi connectivity index (χ2v) is 7.26. The summed E-state index contributed by atoms with van der Waals surface area (Å²) in [6.45, 7) is 3.45. The maximum Gasteiger partial charge on any atom is 0.547 e. The van der Waals surface area contributed by atoms with Gasteiger partial charge < -0.3 is 30.7 Å². The monoisotopic (exact) mass is 375 g/mol. The molecule has 1 fully saturated rings. The van der Waals surface area contributed by atoms with Gasteiger partial charge in [-0.25, -0.2) is 4.79 Å². The molecule has 2 aliphatic heterocycles. The highest BCUT2D eigenvalue weighted by Crippen LogP contribution is 2.30. The van der Waals surface area contributed by atoms with Crippen molar-refractivity contribution < 1.29 is 24.4 Å². The van der Waals surface area contributed by atoms with Gasteiger partial charge in [-0.15, -0.1) is 0 Å². The van der Waals surface area contributed by atoms with Crippen LogP contribution in [0.25, 0.3) is 0 Å². The maximum absolute atomic E-state index is 12.4. The molecule has 1 aromatic carbocycles. The number of carbonyl (C=O) groups excluding carboxylic acids is 1. The number of carboxylic acids is 1. The molecule has 3 rings (SSSR count). The molecular weight excluding hydrogens is 349 g/mol. The first-order chi connectivity index (χ1) is 13.0. The summed E-state index contributed by atoms with van der Waals surface area (Å²) in [6, 6.07) is 4.82. The zero-order valence-corrected chi connectivity index (χ0v) is 15.3. The standard InChI is InChI=1S/C18H26BN3O5/c20-6-9-22-7-4-12(5-8-22)10-16(23)21-15-11-13-2-1-3-14(18(24)25)17(13)27-19(15)26/h1-3,12,15,26H,4-11,20H2,(H,21,23)(H,24,25). The third-order valence-corrected chi connectivity index (χ3v) is 5.32. The minimum Gasteiger partial charge on any atom is -0.534 e. The molecular formula is C18H26BN3O5. The van der Waals surface area contributed by atoms with E-state index in [1.165, 1.54) is 6.07 Å². The van der Waals surface area contributed by atoms with E-state index in [1.54, 1.807) is 12.1 Å². The summed E-state index contributed by atoms with van der Waals surface area (Å²) >= 11 is 0. The van der Waals surface area contributed by atoms with Crippen molar-refractivity contribution in [1.82, 2.24) is 10.2 Å². The van der Waals surface area contributed by atoms with Gasteiger partial charge in [-0.1, -0.05) is 12.1 Å². The van der Waals surface area contributed by atoms with Crippen molar-refractivity contribution in [3.05, 3.63) is 29.3 Å². The summed E-state index contributed by atoms with van der Waals surface area (Å²) in [4.78, 5) is 26.0. The predicted molar refractivity (Wildman–Crippen MR) is 100 cm³/mol. The highest BCUT2D eigenvalue weighted by molar-refractivity contribution is 6.47. The molecule has 1 aromatic rings. The number of nitrogens with two attached hydrogens (primary N) is 1. The summed E-state index contributed by atoms with van der Waals surface area (Å²) < 4.78 is 5.41. The average molecular weight is 375 g/mol. The number of hydrogen-bond acceptors (Lipinski definition) is 6. The van der Waals surface area contributed by atoms with E-state index in [2.05, 4.69) is 10.2 Å². The summed E-state index contributed by atoms with van der Waals surface area (Å²) in [5, 5.41) is 22.3. The lowest BCUT2D eigenvalue weighted by Crippen LogP contribution is -2.53. The van der Waals surface area contributed by atoms with E-state index in [1.807, 2.05) is 0 Å². The van der Waals surface area contributed by atoms with Crippen LogP contribution in [0, 0.1) is 5.92 Å². The SMILES string of the molecule is NCCN1CCC(CC(=O)NC2Cc3cccc(C(=O)O)c3OB2O)CC1. The number of hydrogen-bond donors (Lipinski definition) is 4. The Morgan fingerprint density at radius 2 is 2.07 bits per heavy atom. The van der Waals surface area contributed by atoms with Gasteiger partial charge in [-0.3, -0.25) is 4.79 Å². The van der Waals surface area contributed by atoms with Crippen molar-refractivity contribution in [2.24, 2.45) is 11.7 Å². The Kier molecular flexibility index (Phi) is 6.36. The smallest absolute Gasteiger partial charge is 0.534 e. The maximum atomic E-state index is 12.4. The summed E-state index contributed by atoms with van der Waals surface area (Å²) in [5.74, 6) is -1.31. The van der Waals surface area contributed by atoms with E-state index in [-0.39, 0.29) is 17.2 Å². The Morgan fingerprint density at radius 1 is 1.33 bits per heavy atom. The Hall–Kier alpha value is -2.10. The van der Waals surface area contributed by atoms with Gasteiger partial charge in [-0.2, -0.15) is 0 Å². The first-order valence-electron chi connectivity index (χ1n) is 9.39. The zero-order valence-electron chi connectivity index (χ0n) is 15.3. The number of aromatic carboxylic acids is 1. The van der Waals surface area contributed by atoms with Gasteiger partial charge in [0.15, 0.2) is 0 Å². The Bertz CT molecular complexity index is 694. The number of benzene rings is 1. The topological polar surface area (TPSA) is 125 Å². The number of piperidine rings is 1. The highest BCUT2D eigenvalue weighted by Gasteiger charge is 2.38. The molecule has 27 heavy (non-hydrogen) atoms. The fraction of sp³-hybridized carbons (Fsp3) is 0.556. The molecule has 0 radical (unpaired) electrons. The van der Waals surface area contributed by atoms with Gasteiger partial charge >= 0.3 is 13.1 Å². The molecule has 0 aliphatic carbocycles. The van der Waals surface area contributed by atoms with E-state index in [0.29, 0.717) is 30.9 Å². The quantitative estimate of drug-likeness (QED) is 0.511. The van der Waals surface area contributed by atoms with E-state index in [4.69, 9.17) is 10.4 Å². The molecule has 0 bridgehead atoms. The van der Waals surface area contributed by atoms with E-state index in [0.717, 1.165) is 32.5 Å². The van der Waals surface area contributed by atoms with Crippen molar-refractivity contribution >= 4 is 19.0 Å². The van der Waals surface area contributed by atoms with Gasteiger partial charge in [0.25, 0.3) is 0 Å². The fourth-order valence-electron chi connectivity index (χ4n) is 3.84. The normalized spacial score (nSPS) is 20.7. The molecule has 0 spiro atoms. The van der Waals surface area contributed by atoms with Crippen molar-refractivity contribution in [3.63, 3.8) is 0 Å². The largest absolute Gasteiger partial charge is 0.547 e. The van der Waals surface area contributed by atoms with Gasteiger partial charge in [0.05, 0.1) is 11.5 Å². The molecule has 2 heterocycles. The van der Waals surface area contributed by atoms with Gasteiger partial charge in [0.2, 0.25) is 5.91 Å². The molecule has 0 aromatic heterocycles.